The third kappa shape index (κ3) is 4.34. The second kappa shape index (κ2) is 11.5. The van der Waals surface area contributed by atoms with Gasteiger partial charge in [0, 0.05) is 16.5 Å². The predicted octanol–water partition coefficient (Wildman–Crippen LogP) is 15.6. The molecule has 1 heterocycles. The molecule has 1 nitrogen and oxygen atoms in total. The van der Waals surface area contributed by atoms with Crippen LogP contribution >= 0.6 is 0 Å². The van der Waals surface area contributed by atoms with Crippen LogP contribution in [0.15, 0.2) is 200 Å². The van der Waals surface area contributed by atoms with Gasteiger partial charge in [0.15, 0.2) is 0 Å². The summed E-state index contributed by atoms with van der Waals surface area (Å²) in [5.74, 6) is 0. The Hall–Kier alpha value is -7.48. The largest absolute Gasteiger partial charge is 0.309 e. The molecular formula is C56H33N. The van der Waals surface area contributed by atoms with Crippen molar-refractivity contribution in [2.24, 2.45) is 0 Å². The zero-order chi connectivity index (χ0) is 47.6. The van der Waals surface area contributed by atoms with Crippen LogP contribution in [0.4, 0.5) is 0 Å². The molecule has 0 radical (unpaired) electrons. The molecule has 0 saturated carbocycles. The summed E-state index contributed by atoms with van der Waals surface area (Å²) in [4.78, 5) is 0. The zero-order valence-electron chi connectivity index (χ0n) is 42.1. The van der Waals surface area contributed by atoms with Gasteiger partial charge in [0.2, 0.25) is 0 Å². The van der Waals surface area contributed by atoms with Gasteiger partial charge in [-0.3, -0.25) is 0 Å². The molecule has 1 aromatic heterocycles. The Morgan fingerprint density at radius 2 is 0.860 bits per heavy atom. The molecule has 262 valence electrons. The summed E-state index contributed by atoms with van der Waals surface area (Å²) in [6.45, 7) is 0. The van der Waals surface area contributed by atoms with E-state index in [1.807, 2.05) is 24.3 Å². The fourth-order valence-corrected chi connectivity index (χ4v) is 9.34. The molecule has 0 bridgehead atoms. The maximum Gasteiger partial charge on any atom is 0.0645 e. The van der Waals surface area contributed by atoms with Crippen molar-refractivity contribution in [3.05, 3.63) is 200 Å². The smallest absolute Gasteiger partial charge is 0.0645 e. The average molecular weight is 732 g/mol. The van der Waals surface area contributed by atoms with E-state index in [-0.39, 0.29) is 33.4 Å². The number of para-hydroxylation sites is 2. The Morgan fingerprint density at radius 3 is 1.54 bits per heavy atom. The number of hydrogen-bond donors (Lipinski definition) is 0. The lowest BCUT2D eigenvalue weighted by Gasteiger charge is -2.19. The monoisotopic (exact) mass is 731 g/mol. The van der Waals surface area contributed by atoms with Gasteiger partial charge >= 0.3 is 0 Å². The minimum absolute atomic E-state index is 0.0302. The van der Waals surface area contributed by atoms with Gasteiger partial charge in [-0.05, 0) is 134 Å². The van der Waals surface area contributed by atoms with E-state index in [0.717, 1.165) is 80.5 Å². The maximum absolute atomic E-state index is 10.2. The van der Waals surface area contributed by atoms with E-state index in [1.54, 1.807) is 0 Å². The molecule has 0 aliphatic heterocycles. The summed E-state index contributed by atoms with van der Waals surface area (Å²) in [5.41, 5.74) is 2.79. The highest BCUT2D eigenvalue weighted by molar-refractivity contribution is 6.27. The molecule has 57 heavy (non-hydrogen) atoms. The van der Waals surface area contributed by atoms with Gasteiger partial charge in [0.05, 0.1) is 27.5 Å². The second-order valence-corrected chi connectivity index (χ2v) is 14.7. The van der Waals surface area contributed by atoms with Crippen LogP contribution in [0.1, 0.15) is 16.4 Å². The molecule has 0 N–H and O–H groups in total. The van der Waals surface area contributed by atoms with Gasteiger partial charge in [-0.1, -0.05) is 164 Å². The molecule has 0 aliphatic rings. The van der Waals surface area contributed by atoms with Crippen molar-refractivity contribution in [1.82, 2.24) is 4.57 Å². The van der Waals surface area contributed by atoms with Crippen molar-refractivity contribution in [2.45, 2.75) is 0 Å². The number of benzene rings is 12. The van der Waals surface area contributed by atoms with Crippen LogP contribution < -0.4 is 0 Å². The molecule has 1 heteroatoms. The fraction of sp³-hybridized carbons (Fsp3) is 0. The Bertz CT molecular complexity index is 4400. The third-order valence-corrected chi connectivity index (χ3v) is 11.8. The van der Waals surface area contributed by atoms with Gasteiger partial charge in [0.1, 0.15) is 0 Å². The summed E-state index contributed by atoms with van der Waals surface area (Å²) in [7, 11) is 0. The van der Waals surface area contributed by atoms with E-state index in [9.17, 15) is 5.48 Å². The standard InChI is InChI=1S/C56H33N/c1-2-12-42(13-3-1)57-51-15-5-4-14-46(51)50-33-41(25-31-52(50)57)44-27-24-40(43-26-20-38-18-16-34-8-6-10-36-22-29-47(43)55(38)53(34)36)32-49(44)45-28-21-39-19-17-35-9-7-11-37-23-30-48(45)56(39)54(35)37/h1-33H/i1D,2D,3D,4D,5D,12D,13D,14D,15D,25D,31D,33D. The van der Waals surface area contributed by atoms with Crippen molar-refractivity contribution in [1.29, 1.82) is 0 Å². The van der Waals surface area contributed by atoms with Crippen LogP contribution in [0, 0.1) is 0 Å². The van der Waals surface area contributed by atoms with Gasteiger partial charge in [0.25, 0.3) is 0 Å². The molecule has 0 amide bonds. The van der Waals surface area contributed by atoms with Crippen LogP contribution in [0.5, 0.6) is 0 Å². The molecule has 0 atom stereocenters. The molecule has 0 saturated heterocycles. The van der Waals surface area contributed by atoms with E-state index in [4.69, 9.17) is 11.0 Å². The molecular weight excluding hydrogens is 687 g/mol. The van der Waals surface area contributed by atoms with Gasteiger partial charge < -0.3 is 4.57 Å². The van der Waals surface area contributed by atoms with E-state index >= 15 is 0 Å². The molecule has 0 spiro atoms. The molecule has 0 fully saturated rings. The third-order valence-electron chi connectivity index (χ3n) is 11.8. The van der Waals surface area contributed by atoms with Crippen LogP contribution in [0.2, 0.25) is 0 Å². The van der Waals surface area contributed by atoms with E-state index < -0.39 is 72.2 Å². The predicted molar refractivity (Wildman–Crippen MR) is 244 cm³/mol. The first-order chi connectivity index (χ1) is 33.3. The van der Waals surface area contributed by atoms with Crippen LogP contribution in [-0.2, 0) is 0 Å². The van der Waals surface area contributed by atoms with Crippen molar-refractivity contribution < 1.29 is 16.4 Å². The Morgan fingerprint density at radius 1 is 0.333 bits per heavy atom. The SMILES string of the molecule is [2H]c1c([2H])c([2H])c(-n2c3c([2H])c([2H])c([2H])c([2H])c3c3c([2H])c(-c4ccc(-c5ccc6ccc7cccc8ccc5c6c78)cc4-c4ccc5ccc6cccc7ccc4c5c67)c([2H])c([2H])c32)c([2H])c1[2H]. The van der Waals surface area contributed by atoms with Crippen molar-refractivity contribution in [2.75, 3.05) is 0 Å². The summed E-state index contributed by atoms with van der Waals surface area (Å²) >= 11 is 0. The van der Waals surface area contributed by atoms with Gasteiger partial charge in [-0.2, -0.15) is 0 Å². The summed E-state index contributed by atoms with van der Waals surface area (Å²) in [6.07, 6.45) is 0. The van der Waals surface area contributed by atoms with Crippen LogP contribution in [0.25, 0.3) is 126 Å². The number of fused-ring (bicyclic) bond motifs is 3. The molecule has 12 aromatic carbocycles. The van der Waals surface area contributed by atoms with Crippen molar-refractivity contribution in [3.8, 4) is 39.1 Å². The lowest BCUT2D eigenvalue weighted by Crippen LogP contribution is -1.93. The van der Waals surface area contributed by atoms with E-state index in [0.29, 0.717) is 11.1 Å². The number of hydrogen-bond acceptors (Lipinski definition) is 0. The minimum Gasteiger partial charge on any atom is -0.309 e. The Kier molecular flexibility index (Phi) is 4.36. The first kappa shape index (κ1) is 21.6. The minimum atomic E-state index is -0.690. The maximum atomic E-state index is 10.2. The highest BCUT2D eigenvalue weighted by Gasteiger charge is 2.20. The average Bonchev–Trinajstić information content (AvgIpc) is 3.73. The molecule has 13 aromatic rings. The quantitative estimate of drug-likeness (QED) is 0.159. The highest BCUT2D eigenvalue weighted by atomic mass is 15.0. The van der Waals surface area contributed by atoms with Crippen molar-refractivity contribution in [3.63, 3.8) is 0 Å². The second-order valence-electron chi connectivity index (χ2n) is 14.7. The topological polar surface area (TPSA) is 4.93 Å². The summed E-state index contributed by atoms with van der Waals surface area (Å²) in [6, 6.07) is 36.8. The molecule has 0 unspecified atom stereocenters. The Labute approximate surface area is 345 Å². The van der Waals surface area contributed by atoms with Gasteiger partial charge in [-0.15, -0.1) is 0 Å². The van der Waals surface area contributed by atoms with Crippen molar-refractivity contribution >= 4 is 86.4 Å². The summed E-state index contributed by atoms with van der Waals surface area (Å²) in [5, 5.41) is 12.7. The Balaban J connectivity index is 1.17. The van der Waals surface area contributed by atoms with E-state index in [1.165, 1.54) is 5.39 Å². The molecule has 13 rings (SSSR count). The normalized spacial score (nSPS) is 15.2. The van der Waals surface area contributed by atoms with E-state index in [2.05, 4.69) is 103 Å². The molecule has 0 aliphatic carbocycles. The fourth-order valence-electron chi connectivity index (χ4n) is 9.34. The lowest BCUT2D eigenvalue weighted by atomic mass is 9.84. The number of nitrogens with zero attached hydrogens (tertiary/aromatic N) is 1. The highest BCUT2D eigenvalue weighted by Crippen LogP contribution is 2.46. The van der Waals surface area contributed by atoms with Gasteiger partial charge in [-0.25, -0.2) is 0 Å². The first-order valence-corrected chi connectivity index (χ1v) is 18.9. The first-order valence-electron chi connectivity index (χ1n) is 24.9. The number of rotatable bonds is 4. The lowest BCUT2D eigenvalue weighted by molar-refractivity contribution is 1.18. The summed E-state index contributed by atoms with van der Waals surface area (Å²) < 4.78 is 110. The van der Waals surface area contributed by atoms with Crippen LogP contribution in [0.3, 0.4) is 0 Å². The zero-order valence-corrected chi connectivity index (χ0v) is 30.1. The van der Waals surface area contributed by atoms with Crippen LogP contribution in [-0.4, -0.2) is 4.57 Å². The number of aromatic nitrogens is 1.